The lowest BCUT2D eigenvalue weighted by molar-refractivity contribution is 0.0920. The topological polar surface area (TPSA) is 138 Å². The summed E-state index contributed by atoms with van der Waals surface area (Å²) in [6.45, 7) is 0. The number of anilines is 3. The van der Waals surface area contributed by atoms with Gasteiger partial charge in [0.05, 0.1) is 23.8 Å². The fourth-order valence-corrected chi connectivity index (χ4v) is 4.76. The van der Waals surface area contributed by atoms with E-state index in [1.807, 2.05) is 6.07 Å². The van der Waals surface area contributed by atoms with Gasteiger partial charge in [-0.1, -0.05) is 6.07 Å². The number of carbonyl (C=O) groups is 2. The van der Waals surface area contributed by atoms with E-state index in [0.29, 0.717) is 23.2 Å². The van der Waals surface area contributed by atoms with Gasteiger partial charge in [0.2, 0.25) is 0 Å². The van der Waals surface area contributed by atoms with E-state index in [0.717, 1.165) is 50.4 Å². The number of amides is 2. The summed E-state index contributed by atoms with van der Waals surface area (Å²) in [5, 5.41) is 17.3. The van der Waals surface area contributed by atoms with E-state index in [9.17, 15) is 14.0 Å². The molecule has 6 rings (SSSR count). The minimum atomic E-state index is -0.627. The smallest absolute Gasteiger partial charge is 0.276 e. The second-order valence-electron chi connectivity index (χ2n) is 9.93. The van der Waals surface area contributed by atoms with Crippen molar-refractivity contribution in [1.29, 1.82) is 0 Å². The zero-order valence-corrected chi connectivity index (χ0v) is 21.1. The van der Waals surface area contributed by atoms with Crippen molar-refractivity contribution < 1.29 is 14.0 Å². The van der Waals surface area contributed by atoms with Crippen molar-refractivity contribution >= 4 is 34.7 Å². The van der Waals surface area contributed by atoms with Crippen LogP contribution in [0.5, 0.6) is 0 Å². The van der Waals surface area contributed by atoms with Gasteiger partial charge in [-0.3, -0.25) is 19.6 Å². The van der Waals surface area contributed by atoms with Crippen LogP contribution >= 0.6 is 0 Å². The Morgan fingerprint density at radius 3 is 2.36 bits per heavy atom. The Kier molecular flexibility index (Phi) is 6.74. The number of fused-ring (bicyclic) bond motifs is 1. The van der Waals surface area contributed by atoms with Crippen molar-refractivity contribution in [3.05, 3.63) is 72.3 Å². The minimum Gasteiger partial charge on any atom is -0.379 e. The Hall–Kier alpha value is -4.61. The van der Waals surface area contributed by atoms with E-state index in [-0.39, 0.29) is 29.4 Å². The molecule has 2 amide bonds. The number of aromatic nitrogens is 5. The molecule has 11 nitrogen and oxygen atoms in total. The van der Waals surface area contributed by atoms with E-state index < -0.39 is 11.7 Å². The molecule has 0 atom stereocenters. The molecule has 2 aliphatic carbocycles. The third-order valence-electron chi connectivity index (χ3n) is 6.97. The molecule has 0 aliphatic heterocycles. The molecule has 2 aliphatic rings. The third kappa shape index (κ3) is 5.64. The van der Waals surface area contributed by atoms with Crippen LogP contribution in [0.4, 0.5) is 21.6 Å². The van der Waals surface area contributed by atoms with Gasteiger partial charge in [-0.2, -0.15) is 0 Å². The monoisotopic (exact) mass is 529 g/mol. The zero-order chi connectivity index (χ0) is 26.8. The summed E-state index contributed by atoms with van der Waals surface area (Å²) in [6, 6.07) is 9.19. The Bertz CT molecular complexity index is 1500. The highest BCUT2D eigenvalue weighted by atomic mass is 19.1. The summed E-state index contributed by atoms with van der Waals surface area (Å²) in [5.74, 6) is -0.710. The van der Waals surface area contributed by atoms with Crippen LogP contribution in [0, 0.1) is 5.82 Å². The second kappa shape index (κ2) is 10.6. The SMILES string of the molecule is O=C(N[C@H]1CC[C@H](Nc2cc(NC3CC3)c3ncc(C(=O)Nc4ccncc4F)n3n2)CC1)c1ccccn1. The van der Waals surface area contributed by atoms with Crippen molar-refractivity contribution in [3.63, 3.8) is 0 Å². The van der Waals surface area contributed by atoms with Gasteiger partial charge in [0.1, 0.15) is 11.5 Å². The Morgan fingerprint density at radius 2 is 1.62 bits per heavy atom. The molecule has 4 aromatic rings. The summed E-state index contributed by atoms with van der Waals surface area (Å²) in [4.78, 5) is 37.8. The highest BCUT2D eigenvalue weighted by Gasteiger charge is 2.26. The van der Waals surface area contributed by atoms with Crippen LogP contribution in [-0.4, -0.2) is 54.5 Å². The first-order valence-electron chi connectivity index (χ1n) is 13.1. The number of halogens is 1. The maximum Gasteiger partial charge on any atom is 0.276 e. The molecule has 2 saturated carbocycles. The van der Waals surface area contributed by atoms with Gasteiger partial charge < -0.3 is 21.3 Å². The van der Waals surface area contributed by atoms with Crippen LogP contribution in [0.25, 0.3) is 5.65 Å². The van der Waals surface area contributed by atoms with Crippen molar-refractivity contribution in [2.45, 2.75) is 56.7 Å². The zero-order valence-electron chi connectivity index (χ0n) is 21.1. The van der Waals surface area contributed by atoms with Crippen molar-refractivity contribution in [3.8, 4) is 0 Å². The summed E-state index contributed by atoms with van der Waals surface area (Å²) in [7, 11) is 0. The number of carbonyl (C=O) groups excluding carboxylic acids is 2. The number of pyridine rings is 2. The average Bonchev–Trinajstić information content (AvgIpc) is 3.66. The molecule has 0 bridgehead atoms. The molecule has 0 spiro atoms. The van der Waals surface area contributed by atoms with Gasteiger partial charge >= 0.3 is 0 Å². The van der Waals surface area contributed by atoms with Crippen LogP contribution in [0.2, 0.25) is 0 Å². The van der Waals surface area contributed by atoms with E-state index in [1.54, 1.807) is 24.4 Å². The standard InChI is InChI=1S/C27H28FN9O2/c28-19-14-29-12-10-20(19)35-27(39)23-15-31-25-22(32-16-4-5-16)13-24(36-37(23)25)33-17-6-8-18(9-7-17)34-26(38)21-3-1-2-11-30-21/h1-3,10-18,32H,4-9H2,(H,33,36)(H,34,38)(H,29,35,39)/t17-,18-. The molecular formula is C27H28FN9O2. The van der Waals surface area contributed by atoms with Crippen LogP contribution in [0.1, 0.15) is 59.5 Å². The van der Waals surface area contributed by atoms with Crippen molar-refractivity contribution in [2.24, 2.45) is 0 Å². The number of hydrogen-bond acceptors (Lipinski definition) is 8. The highest BCUT2D eigenvalue weighted by Crippen LogP contribution is 2.30. The first kappa shape index (κ1) is 24.7. The molecule has 4 heterocycles. The summed E-state index contributed by atoms with van der Waals surface area (Å²) in [6.07, 6.45) is 11.0. The van der Waals surface area contributed by atoms with Crippen molar-refractivity contribution in [2.75, 3.05) is 16.0 Å². The van der Waals surface area contributed by atoms with Gasteiger partial charge in [-0.25, -0.2) is 13.9 Å². The molecule has 200 valence electrons. The normalized spacial score (nSPS) is 18.9. The Morgan fingerprint density at radius 1 is 0.846 bits per heavy atom. The van der Waals surface area contributed by atoms with Gasteiger partial charge in [-0.15, -0.1) is 5.10 Å². The van der Waals surface area contributed by atoms with Crippen molar-refractivity contribution in [1.82, 2.24) is 29.9 Å². The summed E-state index contributed by atoms with van der Waals surface area (Å²) in [5.41, 5.74) is 1.93. The third-order valence-corrected chi connectivity index (χ3v) is 6.97. The molecule has 2 fully saturated rings. The van der Waals surface area contributed by atoms with Gasteiger partial charge in [0.25, 0.3) is 11.8 Å². The maximum atomic E-state index is 14.1. The molecule has 0 unspecified atom stereocenters. The quantitative estimate of drug-likeness (QED) is 0.271. The van der Waals surface area contributed by atoms with Crippen LogP contribution in [-0.2, 0) is 0 Å². The first-order chi connectivity index (χ1) is 19.0. The molecule has 39 heavy (non-hydrogen) atoms. The minimum absolute atomic E-state index is 0.0301. The number of nitrogens with zero attached hydrogens (tertiary/aromatic N) is 5. The lowest BCUT2D eigenvalue weighted by Gasteiger charge is -2.30. The van der Waals surface area contributed by atoms with E-state index in [4.69, 9.17) is 0 Å². The summed E-state index contributed by atoms with van der Waals surface area (Å²) < 4.78 is 15.6. The largest absolute Gasteiger partial charge is 0.379 e. The Labute approximate surface area is 223 Å². The van der Waals surface area contributed by atoms with E-state index in [1.165, 1.54) is 23.0 Å². The van der Waals surface area contributed by atoms with E-state index in [2.05, 4.69) is 41.3 Å². The molecule has 0 aromatic carbocycles. The van der Waals surface area contributed by atoms with E-state index >= 15 is 0 Å². The van der Waals surface area contributed by atoms with Crippen LogP contribution in [0.3, 0.4) is 0 Å². The van der Waals surface area contributed by atoms with Gasteiger partial charge in [0, 0.05) is 36.6 Å². The van der Waals surface area contributed by atoms with Gasteiger partial charge in [-0.05, 0) is 56.7 Å². The second-order valence-corrected chi connectivity index (χ2v) is 9.93. The molecular weight excluding hydrogens is 501 g/mol. The molecule has 12 heteroatoms. The fraction of sp³-hybridized carbons (Fsp3) is 0.333. The fourth-order valence-electron chi connectivity index (χ4n) is 4.76. The predicted molar refractivity (Wildman–Crippen MR) is 143 cm³/mol. The Balaban J connectivity index is 1.16. The van der Waals surface area contributed by atoms with Crippen LogP contribution < -0.4 is 21.3 Å². The predicted octanol–water partition coefficient (Wildman–Crippen LogP) is 3.64. The number of hydrogen-bond donors (Lipinski definition) is 4. The molecule has 4 aromatic heterocycles. The first-order valence-corrected chi connectivity index (χ1v) is 13.1. The number of nitrogens with one attached hydrogen (secondary N) is 4. The highest BCUT2D eigenvalue weighted by molar-refractivity contribution is 6.03. The molecule has 4 N–H and O–H groups in total. The summed E-state index contributed by atoms with van der Waals surface area (Å²) >= 11 is 0. The molecule has 0 radical (unpaired) electrons. The van der Waals surface area contributed by atoms with Crippen LogP contribution in [0.15, 0.2) is 55.1 Å². The number of imidazole rings is 1. The lowest BCUT2D eigenvalue weighted by Crippen LogP contribution is -2.40. The maximum absolute atomic E-state index is 14.1. The average molecular weight is 530 g/mol. The van der Waals surface area contributed by atoms with Gasteiger partial charge in [0.15, 0.2) is 17.2 Å². The number of rotatable bonds is 8. The molecule has 0 saturated heterocycles. The lowest BCUT2D eigenvalue weighted by atomic mass is 9.91.